The molecule has 0 bridgehead atoms. The Balaban J connectivity index is 1.65. The van der Waals surface area contributed by atoms with Crippen LogP contribution in [0.1, 0.15) is 28.7 Å². The number of benzene rings is 3. The lowest BCUT2D eigenvalue weighted by Crippen LogP contribution is -2.39. The molecular formula is C26H26N2O3S. The number of carbonyl (C=O) groups is 1. The second-order valence-corrected chi connectivity index (χ2v) is 9.81. The van der Waals surface area contributed by atoms with E-state index in [0.29, 0.717) is 23.4 Å². The van der Waals surface area contributed by atoms with Crippen molar-refractivity contribution in [1.82, 2.24) is 5.32 Å². The molecule has 0 atom stereocenters. The van der Waals surface area contributed by atoms with E-state index < -0.39 is 15.9 Å². The summed E-state index contributed by atoms with van der Waals surface area (Å²) in [6, 6.07) is 24.7. The normalized spacial score (nSPS) is 14.8. The summed E-state index contributed by atoms with van der Waals surface area (Å²) in [4.78, 5) is 13.0. The number of rotatable bonds is 6. The molecule has 1 N–H and O–H groups in total. The summed E-state index contributed by atoms with van der Waals surface area (Å²) in [5, 5.41) is 2.84. The number of hydrogen-bond acceptors (Lipinski definition) is 3. The molecule has 0 saturated carbocycles. The Bertz CT molecular complexity index is 1260. The van der Waals surface area contributed by atoms with Crippen LogP contribution in [0, 0.1) is 6.92 Å². The van der Waals surface area contributed by atoms with Crippen molar-refractivity contribution in [2.75, 3.05) is 17.9 Å². The second-order valence-electron chi connectivity index (χ2n) is 7.90. The van der Waals surface area contributed by atoms with Crippen LogP contribution in [0.25, 0.3) is 5.57 Å². The molecular weight excluding hydrogens is 420 g/mol. The second kappa shape index (κ2) is 9.01. The van der Waals surface area contributed by atoms with Crippen LogP contribution >= 0.6 is 0 Å². The van der Waals surface area contributed by atoms with Gasteiger partial charge in [-0.1, -0.05) is 78.4 Å². The third-order valence-electron chi connectivity index (χ3n) is 5.68. The van der Waals surface area contributed by atoms with Crippen molar-refractivity contribution < 1.29 is 13.2 Å². The molecule has 6 heteroatoms. The molecule has 0 fully saturated rings. The average Bonchev–Trinajstić information content (AvgIpc) is 2.80. The van der Waals surface area contributed by atoms with Crippen LogP contribution in [-0.2, 0) is 21.2 Å². The molecule has 0 aromatic heterocycles. The fourth-order valence-corrected chi connectivity index (χ4v) is 5.41. The molecule has 0 aliphatic carbocycles. The van der Waals surface area contributed by atoms with E-state index in [1.54, 1.807) is 12.1 Å². The zero-order chi connectivity index (χ0) is 22.7. The van der Waals surface area contributed by atoms with Gasteiger partial charge in [-0.15, -0.1) is 0 Å². The van der Waals surface area contributed by atoms with Gasteiger partial charge in [0.2, 0.25) is 0 Å². The first-order chi connectivity index (χ1) is 15.4. The predicted molar refractivity (Wildman–Crippen MR) is 129 cm³/mol. The molecule has 0 radical (unpaired) electrons. The molecule has 3 aromatic rings. The Morgan fingerprint density at radius 2 is 1.56 bits per heavy atom. The lowest BCUT2D eigenvalue weighted by Gasteiger charge is -2.30. The van der Waals surface area contributed by atoms with Crippen molar-refractivity contribution in [1.29, 1.82) is 0 Å². The van der Waals surface area contributed by atoms with Crippen molar-refractivity contribution >= 4 is 27.2 Å². The van der Waals surface area contributed by atoms with E-state index in [1.807, 2.05) is 49.4 Å². The van der Waals surface area contributed by atoms with Gasteiger partial charge in [-0.05, 0) is 37.0 Å². The first kappa shape index (κ1) is 21.8. The van der Waals surface area contributed by atoms with Gasteiger partial charge in [0, 0.05) is 24.7 Å². The topological polar surface area (TPSA) is 66.5 Å². The van der Waals surface area contributed by atoms with E-state index >= 15 is 0 Å². The number of hydrogen-bond donors (Lipinski definition) is 1. The summed E-state index contributed by atoms with van der Waals surface area (Å²) in [7, 11) is -2.52. The van der Waals surface area contributed by atoms with Crippen molar-refractivity contribution in [3.8, 4) is 0 Å². The monoisotopic (exact) mass is 446 g/mol. The van der Waals surface area contributed by atoms with E-state index in [1.165, 1.54) is 22.5 Å². The highest BCUT2D eigenvalue weighted by atomic mass is 32.2. The number of nitrogens with one attached hydrogen (secondary N) is 1. The average molecular weight is 447 g/mol. The highest BCUT2D eigenvalue weighted by Gasteiger charge is 2.39. The molecule has 1 aliphatic rings. The fraction of sp³-hybridized carbons (Fsp3) is 0.192. The van der Waals surface area contributed by atoms with Gasteiger partial charge in [0.25, 0.3) is 15.9 Å². The van der Waals surface area contributed by atoms with Gasteiger partial charge in [-0.2, -0.15) is 0 Å². The molecule has 1 aliphatic heterocycles. The number of sulfonamides is 1. The van der Waals surface area contributed by atoms with Crippen LogP contribution < -0.4 is 9.62 Å². The summed E-state index contributed by atoms with van der Waals surface area (Å²) in [5.74, 6) is -0.575. The van der Waals surface area contributed by atoms with Crippen LogP contribution in [0.3, 0.4) is 0 Å². The van der Waals surface area contributed by atoms with E-state index in [0.717, 1.165) is 18.4 Å². The zero-order valence-corrected chi connectivity index (χ0v) is 19.0. The Morgan fingerprint density at radius 3 is 2.28 bits per heavy atom. The smallest absolute Gasteiger partial charge is 0.270 e. The summed E-state index contributed by atoms with van der Waals surface area (Å²) in [6.45, 7) is 2.43. The lowest BCUT2D eigenvalue weighted by molar-refractivity contribution is -0.116. The first-order valence-electron chi connectivity index (χ1n) is 10.6. The SMILES string of the molecule is Cc1ccc(CCCNC(=O)C2=C(c3ccccc3)c3ccccc3N(C)S2(=O)=O)cc1. The maximum atomic E-state index is 13.4. The highest BCUT2D eigenvalue weighted by molar-refractivity contribution is 7.97. The van der Waals surface area contributed by atoms with Crippen LogP contribution in [0.15, 0.2) is 83.8 Å². The number of amides is 1. The molecule has 1 amide bonds. The molecule has 0 saturated heterocycles. The number of fused-ring (bicyclic) bond motifs is 1. The number of anilines is 1. The molecule has 32 heavy (non-hydrogen) atoms. The standard InChI is InChI=1S/C26H26N2O3S/c1-19-14-16-20(17-15-19)9-8-18-27-26(29)25-24(21-10-4-3-5-11-21)22-12-6-7-13-23(22)28(2)32(25,30)31/h3-7,10-17H,8-9,18H2,1-2H3,(H,27,29). The van der Waals surface area contributed by atoms with Gasteiger partial charge in [0.15, 0.2) is 4.91 Å². The van der Waals surface area contributed by atoms with Crippen molar-refractivity contribution in [3.05, 3.63) is 106 Å². The Kier molecular flexibility index (Phi) is 6.15. The minimum atomic E-state index is -4.01. The quantitative estimate of drug-likeness (QED) is 0.575. The highest BCUT2D eigenvalue weighted by Crippen LogP contribution is 2.41. The van der Waals surface area contributed by atoms with Crippen LogP contribution in [-0.4, -0.2) is 27.9 Å². The molecule has 3 aromatic carbocycles. The van der Waals surface area contributed by atoms with Gasteiger partial charge in [0.05, 0.1) is 5.69 Å². The third-order valence-corrected chi connectivity index (χ3v) is 7.50. The van der Waals surface area contributed by atoms with Gasteiger partial charge < -0.3 is 5.32 Å². The van der Waals surface area contributed by atoms with E-state index in [9.17, 15) is 13.2 Å². The Labute approximate surface area is 189 Å². The number of carbonyl (C=O) groups excluding carboxylic acids is 1. The number of aryl methyl sites for hydroxylation is 2. The first-order valence-corrected chi connectivity index (χ1v) is 12.1. The molecule has 1 heterocycles. The summed E-state index contributed by atoms with van der Waals surface area (Å²) in [6.07, 6.45) is 1.52. The Morgan fingerprint density at radius 1 is 0.906 bits per heavy atom. The largest absolute Gasteiger partial charge is 0.351 e. The van der Waals surface area contributed by atoms with Crippen LogP contribution in [0.4, 0.5) is 5.69 Å². The van der Waals surface area contributed by atoms with Gasteiger partial charge >= 0.3 is 0 Å². The predicted octanol–water partition coefficient (Wildman–Crippen LogP) is 4.28. The van der Waals surface area contributed by atoms with E-state index in [2.05, 4.69) is 29.6 Å². The van der Waals surface area contributed by atoms with E-state index in [4.69, 9.17) is 0 Å². The van der Waals surface area contributed by atoms with Crippen LogP contribution in [0.5, 0.6) is 0 Å². The van der Waals surface area contributed by atoms with Gasteiger partial charge in [0.1, 0.15) is 0 Å². The lowest BCUT2D eigenvalue weighted by atomic mass is 9.95. The molecule has 5 nitrogen and oxygen atoms in total. The zero-order valence-electron chi connectivity index (χ0n) is 18.2. The number of nitrogens with zero attached hydrogens (tertiary/aromatic N) is 1. The minimum Gasteiger partial charge on any atom is -0.351 e. The van der Waals surface area contributed by atoms with Crippen molar-refractivity contribution in [2.24, 2.45) is 0 Å². The Hall–Kier alpha value is -3.38. The molecule has 4 rings (SSSR count). The van der Waals surface area contributed by atoms with Crippen molar-refractivity contribution in [3.63, 3.8) is 0 Å². The maximum Gasteiger partial charge on any atom is 0.270 e. The third kappa shape index (κ3) is 4.18. The van der Waals surface area contributed by atoms with Gasteiger partial charge in [-0.25, -0.2) is 8.42 Å². The summed E-state index contributed by atoms with van der Waals surface area (Å²) in [5.41, 5.74) is 4.81. The number of para-hydroxylation sites is 1. The molecule has 164 valence electrons. The maximum absolute atomic E-state index is 13.4. The van der Waals surface area contributed by atoms with Crippen molar-refractivity contribution in [2.45, 2.75) is 19.8 Å². The van der Waals surface area contributed by atoms with E-state index in [-0.39, 0.29) is 4.91 Å². The summed E-state index contributed by atoms with van der Waals surface area (Å²) >= 11 is 0. The minimum absolute atomic E-state index is 0.208. The van der Waals surface area contributed by atoms with Crippen LogP contribution in [0.2, 0.25) is 0 Å². The molecule has 0 spiro atoms. The summed E-state index contributed by atoms with van der Waals surface area (Å²) < 4.78 is 28.0. The fourth-order valence-electron chi connectivity index (χ4n) is 3.93. The van der Waals surface area contributed by atoms with Gasteiger partial charge in [-0.3, -0.25) is 9.10 Å². The molecule has 0 unspecified atom stereocenters.